The minimum atomic E-state index is -0.394. The molecule has 0 saturated heterocycles. The predicted molar refractivity (Wildman–Crippen MR) is 98.1 cm³/mol. The van der Waals surface area contributed by atoms with Crippen molar-refractivity contribution in [2.45, 2.75) is 80.7 Å². The van der Waals surface area contributed by atoms with Gasteiger partial charge in [-0.1, -0.05) is 41.5 Å². The van der Waals surface area contributed by atoms with E-state index in [0.29, 0.717) is 13.0 Å². The van der Waals surface area contributed by atoms with Crippen molar-refractivity contribution in [1.82, 2.24) is 16.0 Å². The van der Waals surface area contributed by atoms with Crippen molar-refractivity contribution in [3.63, 3.8) is 0 Å². The zero-order chi connectivity index (χ0) is 18.4. The molecule has 0 heterocycles. The summed E-state index contributed by atoms with van der Waals surface area (Å²) >= 11 is 0. The van der Waals surface area contributed by atoms with Crippen LogP contribution in [0, 0.1) is 0 Å². The highest BCUT2D eigenvalue weighted by Crippen LogP contribution is 2.01. The van der Waals surface area contributed by atoms with Gasteiger partial charge in [-0.3, -0.25) is 9.59 Å². The van der Waals surface area contributed by atoms with E-state index in [1.165, 1.54) is 6.92 Å². The molecule has 3 N–H and O–H groups in total. The number of carbonyl (C=O) groups is 2. The predicted octanol–water partition coefficient (Wildman–Crippen LogP) is 3.10. The van der Waals surface area contributed by atoms with Crippen LogP contribution in [0.25, 0.3) is 0 Å². The normalized spacial score (nSPS) is 9.50. The summed E-state index contributed by atoms with van der Waals surface area (Å²) in [5.74, 6) is -0.257. The zero-order valence-corrected chi connectivity index (χ0v) is 16.4. The first-order chi connectivity index (χ1) is 10.6. The van der Waals surface area contributed by atoms with E-state index in [9.17, 15) is 9.59 Å². The third kappa shape index (κ3) is 24.0. The van der Waals surface area contributed by atoms with Crippen LogP contribution in [0.4, 0.5) is 0 Å². The minimum Gasteiger partial charge on any atom is -0.355 e. The molecule has 2 amide bonds. The number of nitrogens with one attached hydrogen (secondary N) is 3. The van der Waals surface area contributed by atoms with Crippen LogP contribution in [0.1, 0.15) is 74.7 Å². The Morgan fingerprint density at radius 1 is 0.955 bits per heavy atom. The summed E-state index contributed by atoms with van der Waals surface area (Å²) in [4.78, 5) is 22.5. The van der Waals surface area contributed by atoms with Gasteiger partial charge in [-0.05, 0) is 39.8 Å². The molecule has 0 bridgehead atoms. The molecule has 0 aliphatic heterocycles. The monoisotopic (exact) mass is 319 g/mol. The van der Waals surface area contributed by atoms with Crippen molar-refractivity contribution < 1.29 is 9.59 Å². The number of amides is 2. The van der Waals surface area contributed by atoms with Crippen LogP contribution in [0.3, 0.4) is 0 Å². The zero-order valence-electron chi connectivity index (χ0n) is 16.4. The van der Waals surface area contributed by atoms with E-state index >= 15 is 0 Å². The summed E-state index contributed by atoms with van der Waals surface area (Å²) in [6.07, 6.45) is 2.61. The van der Waals surface area contributed by atoms with Gasteiger partial charge in [0.1, 0.15) is 6.04 Å². The molecule has 1 atom stereocenters. The van der Waals surface area contributed by atoms with Gasteiger partial charge in [0.2, 0.25) is 11.8 Å². The molecule has 0 rings (SSSR count). The summed E-state index contributed by atoms with van der Waals surface area (Å²) in [7, 11) is 1.90. The third-order valence-electron chi connectivity index (χ3n) is 2.21. The second kappa shape index (κ2) is 28.1. The fraction of sp³-hybridized carbons (Fsp3) is 0.882. The molecule has 136 valence electrons. The van der Waals surface area contributed by atoms with Crippen LogP contribution < -0.4 is 16.0 Å². The maximum Gasteiger partial charge on any atom is 0.242 e. The summed E-state index contributed by atoms with van der Waals surface area (Å²) in [5, 5.41) is 8.44. The Bertz CT molecular complexity index is 222. The molecule has 1 unspecified atom stereocenters. The Labute approximate surface area is 139 Å². The number of unbranched alkanes of at least 4 members (excludes halogenated alkanes) is 1. The SMILES string of the molecule is CC.CC.CC.CCNC(=O)C(CCCCNC)NC(C)=O. The number of hydrogen-bond donors (Lipinski definition) is 3. The average molecular weight is 320 g/mol. The largest absolute Gasteiger partial charge is 0.355 e. The van der Waals surface area contributed by atoms with Crippen molar-refractivity contribution in [3.8, 4) is 0 Å². The van der Waals surface area contributed by atoms with E-state index < -0.39 is 6.04 Å². The van der Waals surface area contributed by atoms with Crippen molar-refractivity contribution in [3.05, 3.63) is 0 Å². The molecule has 22 heavy (non-hydrogen) atoms. The maximum absolute atomic E-state index is 11.6. The summed E-state index contributed by atoms with van der Waals surface area (Å²) in [6, 6.07) is -0.394. The lowest BCUT2D eigenvalue weighted by Gasteiger charge is -2.16. The van der Waals surface area contributed by atoms with Crippen LogP contribution in [0.5, 0.6) is 0 Å². The molecule has 0 aliphatic carbocycles. The molecule has 5 nitrogen and oxygen atoms in total. The number of hydrogen-bond acceptors (Lipinski definition) is 3. The Hall–Kier alpha value is -1.10. The maximum atomic E-state index is 11.6. The topological polar surface area (TPSA) is 70.2 Å². The van der Waals surface area contributed by atoms with Crippen molar-refractivity contribution >= 4 is 11.8 Å². The Morgan fingerprint density at radius 2 is 1.45 bits per heavy atom. The molecule has 0 aromatic heterocycles. The van der Waals surface area contributed by atoms with Crippen molar-refractivity contribution in [1.29, 1.82) is 0 Å². The number of rotatable bonds is 8. The van der Waals surface area contributed by atoms with E-state index in [0.717, 1.165) is 19.4 Å². The molecule has 0 aliphatic rings. The number of carbonyl (C=O) groups excluding carboxylic acids is 2. The smallest absolute Gasteiger partial charge is 0.242 e. The highest BCUT2D eigenvalue weighted by atomic mass is 16.2. The highest BCUT2D eigenvalue weighted by Gasteiger charge is 2.17. The lowest BCUT2D eigenvalue weighted by molar-refractivity contribution is -0.128. The van der Waals surface area contributed by atoms with Gasteiger partial charge < -0.3 is 16.0 Å². The first kappa shape index (κ1) is 29.0. The van der Waals surface area contributed by atoms with Crippen molar-refractivity contribution in [2.24, 2.45) is 0 Å². The second-order valence-electron chi connectivity index (χ2n) is 3.75. The van der Waals surface area contributed by atoms with Gasteiger partial charge in [0.25, 0.3) is 0 Å². The Kier molecular flexibility index (Phi) is 37.0. The number of likely N-dealkylation sites (N-methyl/N-ethyl adjacent to an activating group) is 1. The average Bonchev–Trinajstić information content (AvgIpc) is 2.56. The molecule has 0 aromatic rings. The molecular formula is C17H41N3O2. The fourth-order valence-corrected chi connectivity index (χ4v) is 1.46. The summed E-state index contributed by atoms with van der Waals surface area (Å²) in [5.41, 5.74) is 0. The van der Waals surface area contributed by atoms with E-state index in [1.54, 1.807) is 0 Å². The van der Waals surface area contributed by atoms with Gasteiger partial charge in [-0.25, -0.2) is 0 Å². The van der Waals surface area contributed by atoms with Crippen LogP contribution in [-0.2, 0) is 9.59 Å². The highest BCUT2D eigenvalue weighted by molar-refractivity contribution is 5.86. The van der Waals surface area contributed by atoms with Gasteiger partial charge in [-0.15, -0.1) is 0 Å². The van der Waals surface area contributed by atoms with Crippen LogP contribution in [-0.4, -0.2) is 38.0 Å². The standard InChI is InChI=1S/C11H23N3O2.3C2H6/c1-4-13-11(16)10(14-9(2)15)7-5-6-8-12-3;3*1-2/h10,12H,4-8H2,1-3H3,(H,13,16)(H,14,15);3*1-2H3. The van der Waals surface area contributed by atoms with E-state index in [1.807, 2.05) is 55.5 Å². The molecular weight excluding hydrogens is 278 g/mol. The molecule has 0 aromatic carbocycles. The van der Waals surface area contributed by atoms with E-state index in [-0.39, 0.29) is 11.8 Å². The van der Waals surface area contributed by atoms with E-state index in [4.69, 9.17) is 0 Å². The van der Waals surface area contributed by atoms with Gasteiger partial charge in [0, 0.05) is 13.5 Å². The van der Waals surface area contributed by atoms with Crippen molar-refractivity contribution in [2.75, 3.05) is 20.1 Å². The fourth-order valence-electron chi connectivity index (χ4n) is 1.46. The quantitative estimate of drug-likeness (QED) is 0.602. The van der Waals surface area contributed by atoms with Crippen LogP contribution in [0.2, 0.25) is 0 Å². The molecule has 0 spiro atoms. The summed E-state index contributed by atoms with van der Waals surface area (Å²) < 4.78 is 0. The van der Waals surface area contributed by atoms with E-state index in [2.05, 4.69) is 16.0 Å². The Morgan fingerprint density at radius 3 is 1.82 bits per heavy atom. The first-order valence-corrected chi connectivity index (χ1v) is 8.81. The third-order valence-corrected chi connectivity index (χ3v) is 2.21. The molecule has 0 fully saturated rings. The van der Waals surface area contributed by atoms with Crippen LogP contribution in [0.15, 0.2) is 0 Å². The lowest BCUT2D eigenvalue weighted by Crippen LogP contribution is -2.46. The van der Waals surface area contributed by atoms with Gasteiger partial charge in [0.15, 0.2) is 0 Å². The van der Waals surface area contributed by atoms with Gasteiger partial charge in [-0.2, -0.15) is 0 Å². The van der Waals surface area contributed by atoms with Crippen LogP contribution >= 0.6 is 0 Å². The molecule has 5 heteroatoms. The lowest BCUT2D eigenvalue weighted by atomic mass is 10.1. The first-order valence-electron chi connectivity index (χ1n) is 8.81. The molecule has 0 saturated carbocycles. The minimum absolute atomic E-state index is 0.0952. The van der Waals surface area contributed by atoms with Gasteiger partial charge in [0.05, 0.1) is 0 Å². The second-order valence-corrected chi connectivity index (χ2v) is 3.75. The van der Waals surface area contributed by atoms with Gasteiger partial charge >= 0.3 is 0 Å². The summed E-state index contributed by atoms with van der Waals surface area (Å²) in [6.45, 7) is 16.8. The molecule has 0 radical (unpaired) electrons. The Balaban J connectivity index is -0.000000238.